The van der Waals surface area contributed by atoms with E-state index < -0.39 is 5.82 Å². The zero-order valence-electron chi connectivity index (χ0n) is 11.1. The molecule has 0 spiro atoms. The van der Waals surface area contributed by atoms with E-state index in [1.54, 1.807) is 12.1 Å². The van der Waals surface area contributed by atoms with Gasteiger partial charge in [-0.15, -0.1) is 0 Å². The molecule has 6 heteroatoms. The van der Waals surface area contributed by atoms with Crippen molar-refractivity contribution in [2.45, 2.75) is 6.42 Å². The van der Waals surface area contributed by atoms with Crippen LogP contribution in [-0.4, -0.2) is 44.4 Å². The van der Waals surface area contributed by atoms with Gasteiger partial charge in [0, 0.05) is 23.2 Å². The average Bonchev–Trinajstić information content (AvgIpc) is 2.47. The van der Waals surface area contributed by atoms with Gasteiger partial charge >= 0.3 is 0 Å². The molecule has 0 amide bonds. The maximum absolute atomic E-state index is 13.9. The minimum atomic E-state index is -0.564. The van der Waals surface area contributed by atoms with Crippen molar-refractivity contribution in [3.63, 3.8) is 0 Å². The third-order valence-corrected chi connectivity index (χ3v) is 4.05. The molecule has 0 aliphatic carbocycles. The SMILES string of the molecule is N#Cc1c(I)ccc(OCCCN2CCOCC2)c1F. The molecule has 1 saturated heterocycles. The molecule has 0 saturated carbocycles. The summed E-state index contributed by atoms with van der Waals surface area (Å²) in [5.41, 5.74) is 0.0521. The first-order valence-electron chi connectivity index (χ1n) is 6.53. The lowest BCUT2D eigenvalue weighted by Gasteiger charge is -2.26. The van der Waals surface area contributed by atoms with Crippen molar-refractivity contribution in [2.24, 2.45) is 0 Å². The van der Waals surface area contributed by atoms with Crippen LogP contribution >= 0.6 is 22.6 Å². The van der Waals surface area contributed by atoms with Crippen molar-refractivity contribution in [1.82, 2.24) is 4.90 Å². The Morgan fingerprint density at radius 3 is 2.85 bits per heavy atom. The molecule has 108 valence electrons. The van der Waals surface area contributed by atoms with Gasteiger partial charge in [0.1, 0.15) is 11.6 Å². The van der Waals surface area contributed by atoms with Gasteiger partial charge in [0.25, 0.3) is 0 Å². The number of nitriles is 1. The van der Waals surface area contributed by atoms with E-state index in [0.717, 1.165) is 39.3 Å². The molecule has 0 aromatic heterocycles. The van der Waals surface area contributed by atoms with Crippen LogP contribution in [0.25, 0.3) is 0 Å². The predicted octanol–water partition coefficient (Wildman–Crippen LogP) is 2.40. The second-order valence-electron chi connectivity index (χ2n) is 4.50. The third-order valence-electron chi connectivity index (χ3n) is 3.15. The van der Waals surface area contributed by atoms with Gasteiger partial charge in [0.05, 0.1) is 19.8 Å². The fourth-order valence-corrected chi connectivity index (χ4v) is 2.58. The second-order valence-corrected chi connectivity index (χ2v) is 5.66. The summed E-state index contributed by atoms with van der Waals surface area (Å²) in [5.74, 6) is -0.408. The van der Waals surface area contributed by atoms with Gasteiger partial charge in [-0.05, 0) is 41.1 Å². The highest BCUT2D eigenvalue weighted by Gasteiger charge is 2.13. The zero-order valence-corrected chi connectivity index (χ0v) is 13.2. The van der Waals surface area contributed by atoms with Crippen LogP contribution in [-0.2, 0) is 4.74 Å². The topological polar surface area (TPSA) is 45.5 Å². The maximum Gasteiger partial charge on any atom is 0.183 e. The average molecular weight is 390 g/mol. The van der Waals surface area contributed by atoms with Crippen molar-refractivity contribution >= 4 is 22.6 Å². The van der Waals surface area contributed by atoms with Gasteiger partial charge in [0.15, 0.2) is 11.6 Å². The van der Waals surface area contributed by atoms with Crippen LogP contribution in [0.1, 0.15) is 12.0 Å². The number of benzene rings is 1. The summed E-state index contributed by atoms with van der Waals surface area (Å²) in [7, 11) is 0. The Labute approximate surface area is 131 Å². The van der Waals surface area contributed by atoms with E-state index in [-0.39, 0.29) is 11.3 Å². The van der Waals surface area contributed by atoms with Gasteiger partial charge in [-0.3, -0.25) is 4.90 Å². The minimum absolute atomic E-state index is 0.0521. The standard InChI is InChI=1S/C14H16FIN2O2/c15-14-11(10-17)12(16)2-3-13(14)20-7-1-4-18-5-8-19-9-6-18/h2-3H,1,4-9H2. The molecule has 0 radical (unpaired) electrons. The van der Waals surface area contributed by atoms with Crippen molar-refractivity contribution in [3.8, 4) is 11.8 Å². The molecule has 1 aromatic carbocycles. The van der Waals surface area contributed by atoms with Crippen LogP contribution < -0.4 is 4.74 Å². The lowest BCUT2D eigenvalue weighted by Crippen LogP contribution is -2.37. The summed E-state index contributed by atoms with van der Waals surface area (Å²) in [4.78, 5) is 2.30. The first-order valence-corrected chi connectivity index (χ1v) is 7.61. The Bertz CT molecular complexity index is 499. The number of rotatable bonds is 5. The minimum Gasteiger partial charge on any atom is -0.490 e. The normalized spacial score (nSPS) is 15.8. The summed E-state index contributed by atoms with van der Waals surface area (Å²) in [6.07, 6.45) is 0.827. The predicted molar refractivity (Wildman–Crippen MR) is 81.2 cm³/mol. The molecule has 1 aromatic rings. The number of nitrogens with zero attached hydrogens (tertiary/aromatic N) is 2. The Hall–Kier alpha value is -0.910. The van der Waals surface area contributed by atoms with E-state index in [1.807, 2.05) is 28.7 Å². The van der Waals surface area contributed by atoms with Crippen molar-refractivity contribution < 1.29 is 13.9 Å². The fourth-order valence-electron chi connectivity index (χ4n) is 2.04. The molecule has 1 heterocycles. The summed E-state index contributed by atoms with van der Waals surface area (Å²) in [6, 6.07) is 5.13. The molecule has 0 N–H and O–H groups in total. The summed E-state index contributed by atoms with van der Waals surface area (Å²) in [6.45, 7) is 4.80. The van der Waals surface area contributed by atoms with E-state index in [2.05, 4.69) is 4.90 Å². The largest absolute Gasteiger partial charge is 0.490 e. The van der Waals surface area contributed by atoms with E-state index in [1.165, 1.54) is 0 Å². The van der Waals surface area contributed by atoms with Crippen molar-refractivity contribution in [3.05, 3.63) is 27.1 Å². The molecule has 1 aliphatic rings. The molecule has 1 aliphatic heterocycles. The summed E-state index contributed by atoms with van der Waals surface area (Å²) < 4.78 is 25.2. The fraction of sp³-hybridized carbons (Fsp3) is 0.500. The second kappa shape index (κ2) is 7.76. The maximum atomic E-state index is 13.9. The zero-order chi connectivity index (χ0) is 14.4. The van der Waals surface area contributed by atoms with E-state index in [9.17, 15) is 4.39 Å². The highest BCUT2D eigenvalue weighted by molar-refractivity contribution is 14.1. The van der Waals surface area contributed by atoms with Gasteiger partial charge in [-0.25, -0.2) is 4.39 Å². The quantitative estimate of drug-likeness (QED) is 0.572. The molecule has 2 rings (SSSR count). The molecule has 0 unspecified atom stereocenters. The number of halogens is 2. The Morgan fingerprint density at radius 2 is 2.15 bits per heavy atom. The van der Waals surface area contributed by atoms with E-state index in [4.69, 9.17) is 14.7 Å². The number of hydrogen-bond acceptors (Lipinski definition) is 4. The Kier molecular flexibility index (Phi) is 6.01. The van der Waals surface area contributed by atoms with Gasteiger partial charge in [-0.1, -0.05) is 0 Å². The number of morpholine rings is 1. The van der Waals surface area contributed by atoms with E-state index >= 15 is 0 Å². The van der Waals surface area contributed by atoms with Gasteiger partial charge < -0.3 is 9.47 Å². The Morgan fingerprint density at radius 1 is 1.40 bits per heavy atom. The smallest absolute Gasteiger partial charge is 0.183 e. The van der Waals surface area contributed by atoms with Crippen LogP contribution in [0, 0.1) is 20.7 Å². The van der Waals surface area contributed by atoms with Crippen LogP contribution in [0.5, 0.6) is 5.75 Å². The molecule has 0 bridgehead atoms. The molecule has 4 nitrogen and oxygen atoms in total. The molecular formula is C14H16FIN2O2. The van der Waals surface area contributed by atoms with Crippen molar-refractivity contribution in [2.75, 3.05) is 39.5 Å². The van der Waals surface area contributed by atoms with E-state index in [0.29, 0.717) is 10.2 Å². The van der Waals surface area contributed by atoms with Crippen molar-refractivity contribution in [1.29, 1.82) is 5.26 Å². The Balaban J connectivity index is 1.81. The molecule has 0 atom stereocenters. The van der Waals surface area contributed by atoms with Crippen LogP contribution in [0.2, 0.25) is 0 Å². The third kappa shape index (κ3) is 4.04. The molecule has 20 heavy (non-hydrogen) atoms. The van der Waals surface area contributed by atoms with Gasteiger partial charge in [0.2, 0.25) is 0 Å². The molecular weight excluding hydrogens is 374 g/mol. The van der Waals surface area contributed by atoms with Crippen LogP contribution in [0.15, 0.2) is 12.1 Å². The van der Waals surface area contributed by atoms with Crippen LogP contribution in [0.3, 0.4) is 0 Å². The van der Waals surface area contributed by atoms with Gasteiger partial charge in [-0.2, -0.15) is 5.26 Å². The summed E-state index contributed by atoms with van der Waals surface area (Å²) in [5, 5.41) is 8.90. The first-order chi connectivity index (χ1) is 9.72. The van der Waals surface area contributed by atoms with Crippen LogP contribution in [0.4, 0.5) is 4.39 Å². The summed E-state index contributed by atoms with van der Waals surface area (Å²) >= 11 is 1.94. The molecule has 1 fully saturated rings. The number of hydrogen-bond donors (Lipinski definition) is 0. The number of ether oxygens (including phenoxy) is 2. The monoisotopic (exact) mass is 390 g/mol. The lowest BCUT2D eigenvalue weighted by atomic mass is 10.2. The highest BCUT2D eigenvalue weighted by atomic mass is 127. The highest BCUT2D eigenvalue weighted by Crippen LogP contribution is 2.24. The lowest BCUT2D eigenvalue weighted by molar-refractivity contribution is 0.0357. The first kappa shape index (κ1) is 15.5.